The lowest BCUT2D eigenvalue weighted by Gasteiger charge is -2.28. The molecule has 1 aliphatic rings. The Morgan fingerprint density at radius 2 is 1.67 bits per heavy atom. The van der Waals surface area contributed by atoms with E-state index in [4.69, 9.17) is 4.74 Å². The maximum absolute atomic E-state index is 13.1. The second kappa shape index (κ2) is 7.71. The van der Waals surface area contributed by atoms with Gasteiger partial charge in [-0.1, -0.05) is 48.5 Å². The minimum absolute atomic E-state index is 0.0724. The number of benzene rings is 3. The smallest absolute Gasteiger partial charge is 0.254 e. The molecule has 4 heteroatoms. The Labute approximate surface area is 176 Å². The van der Waals surface area contributed by atoms with Crippen LogP contribution in [0.4, 0.5) is 0 Å². The van der Waals surface area contributed by atoms with Crippen molar-refractivity contribution >= 4 is 16.8 Å². The number of hydrogen-bond acceptors (Lipinski definition) is 2. The van der Waals surface area contributed by atoms with Crippen LogP contribution in [0.3, 0.4) is 0 Å². The van der Waals surface area contributed by atoms with E-state index in [0.29, 0.717) is 12.1 Å². The molecule has 1 aromatic heterocycles. The molecule has 4 aromatic rings. The molecule has 0 spiro atoms. The molecule has 150 valence electrons. The SMILES string of the molecule is COc1ccc(C(=O)N2CCc3c(c4ccccc4n3Cc3ccccc3)C2)cc1. The number of carbonyl (C=O) groups excluding carboxylic acids is 1. The van der Waals surface area contributed by atoms with Gasteiger partial charge in [-0.2, -0.15) is 0 Å². The zero-order valence-corrected chi connectivity index (χ0v) is 17.0. The highest BCUT2D eigenvalue weighted by Gasteiger charge is 2.27. The highest BCUT2D eigenvalue weighted by atomic mass is 16.5. The summed E-state index contributed by atoms with van der Waals surface area (Å²) in [6, 6.07) is 26.5. The fourth-order valence-corrected chi connectivity index (χ4v) is 4.44. The third-order valence-electron chi connectivity index (χ3n) is 5.97. The lowest BCUT2D eigenvalue weighted by atomic mass is 10.0. The number of nitrogens with zero attached hydrogens (tertiary/aromatic N) is 2. The van der Waals surface area contributed by atoms with E-state index >= 15 is 0 Å². The summed E-state index contributed by atoms with van der Waals surface area (Å²) in [6.45, 7) is 2.22. The molecule has 30 heavy (non-hydrogen) atoms. The van der Waals surface area contributed by atoms with Crippen LogP contribution < -0.4 is 4.74 Å². The van der Waals surface area contributed by atoms with Gasteiger partial charge in [0.2, 0.25) is 0 Å². The summed E-state index contributed by atoms with van der Waals surface area (Å²) in [5.74, 6) is 0.833. The van der Waals surface area contributed by atoms with E-state index < -0.39 is 0 Å². The van der Waals surface area contributed by atoms with Crippen LogP contribution in [0.1, 0.15) is 27.2 Å². The van der Waals surface area contributed by atoms with Gasteiger partial charge in [0.25, 0.3) is 5.91 Å². The van der Waals surface area contributed by atoms with Gasteiger partial charge in [0.15, 0.2) is 0 Å². The van der Waals surface area contributed by atoms with Crippen molar-refractivity contribution in [1.29, 1.82) is 0 Å². The second-order valence-corrected chi connectivity index (χ2v) is 7.72. The average molecular weight is 396 g/mol. The minimum atomic E-state index is 0.0724. The van der Waals surface area contributed by atoms with Gasteiger partial charge in [0.05, 0.1) is 7.11 Å². The zero-order valence-electron chi connectivity index (χ0n) is 17.0. The maximum Gasteiger partial charge on any atom is 0.254 e. The first-order valence-corrected chi connectivity index (χ1v) is 10.3. The summed E-state index contributed by atoms with van der Waals surface area (Å²) in [6.07, 6.45) is 0.860. The fourth-order valence-electron chi connectivity index (χ4n) is 4.44. The van der Waals surface area contributed by atoms with Crippen LogP contribution >= 0.6 is 0 Å². The second-order valence-electron chi connectivity index (χ2n) is 7.72. The summed E-state index contributed by atoms with van der Waals surface area (Å²) in [7, 11) is 1.63. The molecular weight excluding hydrogens is 372 g/mol. The number of rotatable bonds is 4. The predicted octanol–water partition coefficient (Wildman–Crippen LogP) is 4.90. The van der Waals surface area contributed by atoms with Crippen LogP contribution in [0.5, 0.6) is 5.75 Å². The van der Waals surface area contributed by atoms with Crippen molar-refractivity contribution in [3.8, 4) is 5.75 Å². The molecule has 1 amide bonds. The van der Waals surface area contributed by atoms with E-state index in [1.54, 1.807) is 7.11 Å². The van der Waals surface area contributed by atoms with E-state index in [9.17, 15) is 4.79 Å². The van der Waals surface area contributed by atoms with Crippen molar-refractivity contribution in [3.05, 3.63) is 101 Å². The van der Waals surface area contributed by atoms with Gasteiger partial charge in [0.1, 0.15) is 5.75 Å². The van der Waals surface area contributed by atoms with Crippen LogP contribution in [0, 0.1) is 0 Å². The Kier molecular flexibility index (Phi) is 4.75. The molecule has 0 fully saturated rings. The first-order valence-electron chi connectivity index (χ1n) is 10.3. The first-order chi connectivity index (χ1) is 14.7. The Balaban J connectivity index is 1.49. The number of hydrogen-bond donors (Lipinski definition) is 0. The Hall–Kier alpha value is -3.53. The Morgan fingerprint density at radius 3 is 2.43 bits per heavy atom. The number of fused-ring (bicyclic) bond motifs is 3. The van der Waals surface area contributed by atoms with Crippen molar-refractivity contribution in [2.45, 2.75) is 19.5 Å². The van der Waals surface area contributed by atoms with Gasteiger partial charge in [0, 0.05) is 53.8 Å². The quantitative estimate of drug-likeness (QED) is 0.492. The van der Waals surface area contributed by atoms with Crippen LogP contribution in [0.25, 0.3) is 10.9 Å². The van der Waals surface area contributed by atoms with E-state index in [2.05, 4.69) is 59.2 Å². The Morgan fingerprint density at radius 1 is 0.933 bits per heavy atom. The molecule has 0 aliphatic carbocycles. The molecule has 0 saturated heterocycles. The van der Waals surface area contributed by atoms with Gasteiger partial charge >= 0.3 is 0 Å². The lowest BCUT2D eigenvalue weighted by molar-refractivity contribution is 0.0734. The van der Waals surface area contributed by atoms with Crippen molar-refractivity contribution in [3.63, 3.8) is 0 Å². The molecule has 0 saturated carbocycles. The maximum atomic E-state index is 13.1. The van der Waals surface area contributed by atoms with E-state index in [-0.39, 0.29) is 5.91 Å². The molecule has 2 heterocycles. The van der Waals surface area contributed by atoms with Crippen molar-refractivity contribution < 1.29 is 9.53 Å². The number of ether oxygens (including phenoxy) is 1. The number of aromatic nitrogens is 1. The number of methoxy groups -OCH3 is 1. The first kappa shape index (κ1) is 18.5. The third-order valence-corrected chi connectivity index (χ3v) is 5.97. The monoisotopic (exact) mass is 396 g/mol. The molecule has 0 radical (unpaired) electrons. The molecule has 0 atom stereocenters. The minimum Gasteiger partial charge on any atom is -0.497 e. The summed E-state index contributed by atoms with van der Waals surface area (Å²) in [4.78, 5) is 15.1. The van der Waals surface area contributed by atoms with Crippen LogP contribution in [-0.2, 0) is 19.5 Å². The molecule has 3 aromatic carbocycles. The van der Waals surface area contributed by atoms with Gasteiger partial charge in [-0.05, 0) is 35.9 Å². The molecule has 0 N–H and O–H groups in total. The van der Waals surface area contributed by atoms with Crippen LogP contribution in [0.15, 0.2) is 78.9 Å². The lowest BCUT2D eigenvalue weighted by Crippen LogP contribution is -2.36. The summed E-state index contributed by atoms with van der Waals surface area (Å²) in [5, 5.41) is 1.25. The van der Waals surface area contributed by atoms with Gasteiger partial charge < -0.3 is 14.2 Å². The molecule has 1 aliphatic heterocycles. The highest BCUT2D eigenvalue weighted by molar-refractivity contribution is 5.95. The molecule has 0 unspecified atom stereocenters. The van der Waals surface area contributed by atoms with Gasteiger partial charge in [-0.25, -0.2) is 0 Å². The van der Waals surface area contributed by atoms with E-state index in [1.807, 2.05) is 29.2 Å². The van der Waals surface area contributed by atoms with Crippen LogP contribution in [0.2, 0.25) is 0 Å². The van der Waals surface area contributed by atoms with E-state index in [0.717, 1.165) is 25.3 Å². The predicted molar refractivity (Wildman–Crippen MR) is 119 cm³/mol. The number of amides is 1. The average Bonchev–Trinajstić information content (AvgIpc) is 3.12. The van der Waals surface area contributed by atoms with Crippen molar-refractivity contribution in [2.75, 3.05) is 13.7 Å². The summed E-state index contributed by atoms with van der Waals surface area (Å²) >= 11 is 0. The molecule has 4 nitrogen and oxygen atoms in total. The van der Waals surface area contributed by atoms with Crippen molar-refractivity contribution in [1.82, 2.24) is 9.47 Å². The molecule has 5 rings (SSSR count). The largest absolute Gasteiger partial charge is 0.497 e. The third kappa shape index (κ3) is 3.24. The molecule has 0 bridgehead atoms. The zero-order chi connectivity index (χ0) is 20.5. The normalized spacial score (nSPS) is 13.3. The number of para-hydroxylation sites is 1. The van der Waals surface area contributed by atoms with Crippen LogP contribution in [-0.4, -0.2) is 29.0 Å². The van der Waals surface area contributed by atoms with E-state index in [1.165, 1.54) is 27.7 Å². The highest BCUT2D eigenvalue weighted by Crippen LogP contribution is 2.32. The van der Waals surface area contributed by atoms with Gasteiger partial charge in [-0.3, -0.25) is 4.79 Å². The standard InChI is InChI=1S/C26H24N2O2/c1-30-21-13-11-20(12-14-21)26(29)27-16-15-25-23(18-27)22-9-5-6-10-24(22)28(25)17-19-7-3-2-4-8-19/h2-14H,15-18H2,1H3. The van der Waals surface area contributed by atoms with Crippen molar-refractivity contribution in [2.24, 2.45) is 0 Å². The molecular formula is C26H24N2O2. The summed E-state index contributed by atoms with van der Waals surface area (Å²) in [5.41, 5.74) is 5.85. The topological polar surface area (TPSA) is 34.5 Å². The fraction of sp³-hybridized carbons (Fsp3) is 0.192. The van der Waals surface area contributed by atoms with Gasteiger partial charge in [-0.15, -0.1) is 0 Å². The Bertz CT molecular complexity index is 1190. The summed E-state index contributed by atoms with van der Waals surface area (Å²) < 4.78 is 7.64. The number of carbonyl (C=O) groups is 1.